The highest BCUT2D eigenvalue weighted by Gasteiger charge is 2.30. The molecule has 1 aromatic heterocycles. The van der Waals surface area contributed by atoms with Crippen LogP contribution in [-0.2, 0) is 39.3 Å². The monoisotopic (exact) mass is 584 g/mol. The van der Waals surface area contributed by atoms with Crippen molar-refractivity contribution < 1.29 is 18.0 Å². The highest BCUT2D eigenvalue weighted by atomic mass is 19.4. The van der Waals surface area contributed by atoms with Crippen molar-refractivity contribution in [2.45, 2.75) is 51.5 Å². The molecule has 3 heterocycles. The summed E-state index contributed by atoms with van der Waals surface area (Å²) >= 11 is 0. The van der Waals surface area contributed by atoms with Gasteiger partial charge in [0.2, 0.25) is 0 Å². The topological polar surface area (TPSA) is 52.3 Å². The number of nitrogens with zero attached hydrogens (tertiary/aromatic N) is 4. The van der Waals surface area contributed by atoms with E-state index in [9.17, 15) is 18.0 Å². The normalized spacial score (nSPS) is 16.7. The number of halogens is 3. The summed E-state index contributed by atoms with van der Waals surface area (Å²) in [6.45, 7) is 4.88. The summed E-state index contributed by atoms with van der Waals surface area (Å²) in [6.07, 6.45) is -0.953. The van der Waals surface area contributed by atoms with Crippen molar-refractivity contribution in [2.24, 2.45) is 13.0 Å². The summed E-state index contributed by atoms with van der Waals surface area (Å²) in [7, 11) is 2.07. The zero-order valence-corrected chi connectivity index (χ0v) is 24.3. The fourth-order valence-electron chi connectivity index (χ4n) is 6.67. The molecule has 1 saturated heterocycles. The molecule has 2 aliphatic heterocycles. The van der Waals surface area contributed by atoms with Gasteiger partial charge in [-0.1, -0.05) is 24.3 Å². The number of nitriles is 1. The molecule has 0 unspecified atom stereocenters. The third-order valence-corrected chi connectivity index (χ3v) is 9.16. The first-order chi connectivity index (χ1) is 20.7. The Morgan fingerprint density at radius 3 is 2.21 bits per heavy atom. The summed E-state index contributed by atoms with van der Waals surface area (Å²) in [4.78, 5) is 18.1. The van der Waals surface area contributed by atoms with E-state index >= 15 is 0 Å². The number of aryl methyl sites for hydroxylation is 1. The summed E-state index contributed by atoms with van der Waals surface area (Å²) < 4.78 is 41.2. The molecule has 0 bridgehead atoms. The molecule has 3 aromatic carbocycles. The lowest BCUT2D eigenvalue weighted by molar-refractivity contribution is -0.137. The number of carbonyl (C=O) groups excluding carboxylic acids is 1. The molecule has 0 radical (unpaired) electrons. The van der Waals surface area contributed by atoms with Gasteiger partial charge < -0.3 is 4.57 Å². The Kier molecular flexibility index (Phi) is 8.13. The van der Waals surface area contributed by atoms with Crippen LogP contribution in [0.1, 0.15) is 63.1 Å². The second kappa shape index (κ2) is 12.0. The van der Waals surface area contributed by atoms with E-state index in [1.807, 2.05) is 30.3 Å². The molecular weight excluding hydrogens is 549 g/mol. The molecule has 4 aromatic rings. The third kappa shape index (κ3) is 6.39. The summed E-state index contributed by atoms with van der Waals surface area (Å²) in [6, 6.07) is 21.4. The minimum atomic E-state index is -4.33. The first kappa shape index (κ1) is 29.2. The van der Waals surface area contributed by atoms with Crippen molar-refractivity contribution in [1.82, 2.24) is 14.4 Å². The van der Waals surface area contributed by atoms with E-state index in [2.05, 4.69) is 39.6 Å². The number of benzene rings is 3. The molecule has 0 saturated carbocycles. The molecule has 0 spiro atoms. The Labute approximate surface area is 250 Å². The molecule has 8 heteroatoms. The van der Waals surface area contributed by atoms with Gasteiger partial charge in [-0.05, 0) is 91.0 Å². The van der Waals surface area contributed by atoms with Crippen molar-refractivity contribution >= 4 is 16.7 Å². The van der Waals surface area contributed by atoms with Gasteiger partial charge in [-0.2, -0.15) is 18.4 Å². The quantitative estimate of drug-likeness (QED) is 0.217. The van der Waals surface area contributed by atoms with Gasteiger partial charge >= 0.3 is 6.18 Å². The summed E-state index contributed by atoms with van der Waals surface area (Å²) in [5.41, 5.74) is 6.43. The second-order valence-electron chi connectivity index (χ2n) is 12.0. The fourth-order valence-corrected chi connectivity index (χ4v) is 6.67. The minimum absolute atomic E-state index is 0.183. The molecule has 43 heavy (non-hydrogen) atoms. The van der Waals surface area contributed by atoms with Crippen molar-refractivity contribution in [3.05, 3.63) is 106 Å². The lowest BCUT2D eigenvalue weighted by atomic mass is 9.89. The van der Waals surface area contributed by atoms with Crippen LogP contribution in [0.4, 0.5) is 13.2 Å². The molecule has 5 nitrogen and oxygen atoms in total. The molecule has 0 aliphatic carbocycles. The maximum absolute atomic E-state index is 13.4. The first-order valence-electron chi connectivity index (χ1n) is 14.9. The molecule has 0 atom stereocenters. The smallest absolute Gasteiger partial charge is 0.347 e. The van der Waals surface area contributed by atoms with Crippen LogP contribution in [0.25, 0.3) is 10.9 Å². The van der Waals surface area contributed by atoms with Gasteiger partial charge in [0, 0.05) is 68.2 Å². The average Bonchev–Trinajstić information content (AvgIpc) is 3.28. The van der Waals surface area contributed by atoms with E-state index < -0.39 is 11.7 Å². The number of fused-ring (bicyclic) bond motifs is 3. The number of carbonyl (C=O) groups is 1. The zero-order valence-electron chi connectivity index (χ0n) is 24.3. The minimum Gasteiger partial charge on any atom is -0.347 e. The number of rotatable bonds is 7. The third-order valence-electron chi connectivity index (χ3n) is 9.16. The van der Waals surface area contributed by atoms with Crippen LogP contribution >= 0.6 is 0 Å². The fraction of sp³-hybridized carbons (Fsp3) is 0.371. The van der Waals surface area contributed by atoms with Crippen LogP contribution in [0, 0.1) is 17.2 Å². The number of hydrogen-bond donors (Lipinski definition) is 0. The predicted octanol–water partition coefficient (Wildman–Crippen LogP) is 7.11. The number of ketones is 1. The van der Waals surface area contributed by atoms with Crippen LogP contribution < -0.4 is 0 Å². The van der Waals surface area contributed by atoms with Crippen molar-refractivity contribution in [1.29, 1.82) is 5.26 Å². The van der Waals surface area contributed by atoms with Crippen LogP contribution in [0.3, 0.4) is 0 Å². The van der Waals surface area contributed by atoms with Crippen LogP contribution in [-0.4, -0.2) is 39.8 Å². The Morgan fingerprint density at radius 1 is 0.907 bits per heavy atom. The highest BCUT2D eigenvalue weighted by molar-refractivity contribution is 6.00. The first-order valence-corrected chi connectivity index (χ1v) is 14.9. The molecule has 0 N–H and O–H groups in total. The van der Waals surface area contributed by atoms with Crippen LogP contribution in [0.15, 0.2) is 66.7 Å². The van der Waals surface area contributed by atoms with E-state index in [1.165, 1.54) is 16.8 Å². The van der Waals surface area contributed by atoms with E-state index in [-0.39, 0.29) is 5.78 Å². The van der Waals surface area contributed by atoms with E-state index in [0.717, 1.165) is 79.6 Å². The molecule has 1 fully saturated rings. The molecular formula is C35H35F3N4O. The molecule has 2 aliphatic rings. The predicted molar refractivity (Wildman–Crippen MR) is 160 cm³/mol. The van der Waals surface area contributed by atoms with Gasteiger partial charge in [-0.25, -0.2) is 0 Å². The molecule has 6 rings (SSSR count). The maximum Gasteiger partial charge on any atom is 0.416 e. The van der Waals surface area contributed by atoms with Crippen LogP contribution in [0.2, 0.25) is 0 Å². The second-order valence-corrected chi connectivity index (χ2v) is 12.0. The van der Waals surface area contributed by atoms with Crippen molar-refractivity contribution in [3.63, 3.8) is 0 Å². The SMILES string of the molecule is Cn1c2c(c3cc(C(=O)CC4CCN(Cc5ccc(C#N)cc5)CC4)ccc31)CN(Cc1ccc(C(F)(F)F)cc1)CC2. The van der Waals surface area contributed by atoms with Crippen LogP contribution in [0.5, 0.6) is 0 Å². The number of piperidine rings is 1. The number of Topliss-reactive ketones (excluding diaryl/α,β-unsaturated/α-hetero) is 1. The summed E-state index contributed by atoms with van der Waals surface area (Å²) in [5.74, 6) is 0.548. The molecule has 222 valence electrons. The van der Waals surface area contributed by atoms with Gasteiger partial charge in [-0.15, -0.1) is 0 Å². The largest absolute Gasteiger partial charge is 0.416 e. The Morgan fingerprint density at radius 2 is 1.56 bits per heavy atom. The van der Waals surface area contributed by atoms with E-state index in [0.29, 0.717) is 31.0 Å². The average molecular weight is 585 g/mol. The van der Waals surface area contributed by atoms with Gasteiger partial charge in [0.05, 0.1) is 17.2 Å². The Bertz CT molecular complexity index is 1660. The van der Waals surface area contributed by atoms with Gasteiger partial charge in [0.1, 0.15) is 0 Å². The highest BCUT2D eigenvalue weighted by Crippen LogP contribution is 2.33. The van der Waals surface area contributed by atoms with Gasteiger partial charge in [0.15, 0.2) is 5.78 Å². The Balaban J connectivity index is 1.09. The lowest BCUT2D eigenvalue weighted by Gasteiger charge is -2.31. The Hall–Kier alpha value is -3.93. The standard InChI is InChI=1S/C35H35F3N4O/c1-40-32-11-8-28(34(43)18-24-12-15-41(16-13-24)21-26-4-2-25(20-39)3-5-26)19-30(32)31-23-42(17-14-33(31)40)22-27-6-9-29(10-7-27)35(36,37)38/h2-11,19,24H,12-18,21-23H2,1H3. The molecule has 0 amide bonds. The van der Waals surface area contributed by atoms with Crippen molar-refractivity contribution in [2.75, 3.05) is 19.6 Å². The number of aromatic nitrogens is 1. The van der Waals surface area contributed by atoms with Gasteiger partial charge in [-0.3, -0.25) is 14.6 Å². The number of hydrogen-bond acceptors (Lipinski definition) is 4. The lowest BCUT2D eigenvalue weighted by Crippen LogP contribution is -2.33. The van der Waals surface area contributed by atoms with Gasteiger partial charge in [0.25, 0.3) is 0 Å². The maximum atomic E-state index is 13.4. The zero-order chi connectivity index (χ0) is 30.1. The number of alkyl halides is 3. The number of likely N-dealkylation sites (tertiary alicyclic amines) is 1. The van der Waals surface area contributed by atoms with E-state index in [1.54, 1.807) is 12.1 Å². The van der Waals surface area contributed by atoms with Crippen molar-refractivity contribution in [3.8, 4) is 6.07 Å². The van der Waals surface area contributed by atoms with E-state index in [4.69, 9.17) is 5.26 Å². The summed E-state index contributed by atoms with van der Waals surface area (Å²) in [5, 5.41) is 10.1.